The fraction of sp³-hybridized carbons (Fsp3) is 0.647. The van der Waals surface area contributed by atoms with Crippen LogP contribution in [0.4, 0.5) is 5.69 Å². The highest BCUT2D eigenvalue weighted by Gasteiger charge is 2.53. The largest absolute Gasteiger partial charge is 0.385 e. The molecule has 1 heterocycles. The summed E-state index contributed by atoms with van der Waals surface area (Å²) in [7, 11) is 0. The molecule has 3 aliphatic rings. The van der Waals surface area contributed by atoms with Crippen LogP contribution in [0.3, 0.4) is 0 Å². The van der Waals surface area contributed by atoms with Gasteiger partial charge >= 0.3 is 0 Å². The topological polar surface area (TPSA) is 24.1 Å². The Labute approximate surface area is 116 Å². The Kier molecular flexibility index (Phi) is 2.80. The molecule has 2 aliphatic carbocycles. The monoisotopic (exact) mass is 256 g/mol. The minimum absolute atomic E-state index is 0.701. The van der Waals surface area contributed by atoms with Gasteiger partial charge < -0.3 is 10.6 Å². The van der Waals surface area contributed by atoms with E-state index in [2.05, 4.69) is 34.9 Å². The predicted molar refractivity (Wildman–Crippen MR) is 79.6 cm³/mol. The normalized spacial score (nSPS) is 27.5. The number of anilines is 1. The number of hydrogen-bond donors (Lipinski definition) is 2. The molecule has 1 aliphatic heterocycles. The van der Waals surface area contributed by atoms with Gasteiger partial charge in [-0.3, -0.25) is 0 Å². The van der Waals surface area contributed by atoms with E-state index in [1.165, 1.54) is 49.9 Å². The van der Waals surface area contributed by atoms with Crippen molar-refractivity contribution in [1.82, 2.24) is 5.32 Å². The molecule has 2 heteroatoms. The number of nitrogens with one attached hydrogen (secondary N) is 2. The molecule has 1 unspecified atom stereocenters. The third-order valence-corrected chi connectivity index (χ3v) is 5.41. The third-order valence-electron chi connectivity index (χ3n) is 5.41. The van der Waals surface area contributed by atoms with Crippen LogP contribution in [0.1, 0.15) is 43.6 Å². The van der Waals surface area contributed by atoms with E-state index in [1.807, 2.05) is 0 Å². The molecular formula is C17H24N2. The van der Waals surface area contributed by atoms with Crippen molar-refractivity contribution in [3.05, 3.63) is 29.8 Å². The van der Waals surface area contributed by atoms with Crippen molar-refractivity contribution in [2.45, 2.75) is 38.0 Å². The first-order valence-electron chi connectivity index (χ1n) is 7.91. The molecule has 1 atom stereocenters. The number of hydrogen-bond acceptors (Lipinski definition) is 2. The molecule has 102 valence electrons. The van der Waals surface area contributed by atoms with Crippen LogP contribution in [0.2, 0.25) is 0 Å². The van der Waals surface area contributed by atoms with Crippen LogP contribution in [0.25, 0.3) is 0 Å². The van der Waals surface area contributed by atoms with Gasteiger partial charge in [-0.25, -0.2) is 0 Å². The lowest BCUT2D eigenvalue weighted by molar-refractivity contribution is 0.393. The first-order valence-corrected chi connectivity index (χ1v) is 7.91. The first-order chi connectivity index (χ1) is 9.37. The van der Waals surface area contributed by atoms with Gasteiger partial charge in [0.2, 0.25) is 0 Å². The van der Waals surface area contributed by atoms with Crippen molar-refractivity contribution in [2.75, 3.05) is 25.0 Å². The lowest BCUT2D eigenvalue weighted by Gasteiger charge is -2.27. The van der Waals surface area contributed by atoms with Crippen LogP contribution in [-0.2, 0) is 0 Å². The molecule has 0 amide bonds. The quantitative estimate of drug-likeness (QED) is 0.844. The Morgan fingerprint density at radius 1 is 1.16 bits per heavy atom. The van der Waals surface area contributed by atoms with E-state index in [-0.39, 0.29) is 0 Å². The molecule has 1 aromatic rings. The van der Waals surface area contributed by atoms with Crippen LogP contribution >= 0.6 is 0 Å². The maximum atomic E-state index is 3.79. The molecule has 4 rings (SSSR count). The van der Waals surface area contributed by atoms with E-state index in [0.717, 1.165) is 24.4 Å². The van der Waals surface area contributed by atoms with E-state index in [4.69, 9.17) is 0 Å². The van der Waals surface area contributed by atoms with Crippen LogP contribution in [0, 0.1) is 11.3 Å². The van der Waals surface area contributed by atoms with Gasteiger partial charge in [0.25, 0.3) is 0 Å². The van der Waals surface area contributed by atoms with Gasteiger partial charge in [0.15, 0.2) is 0 Å². The fourth-order valence-corrected chi connectivity index (χ4v) is 3.84. The van der Waals surface area contributed by atoms with Gasteiger partial charge in [-0.1, -0.05) is 18.2 Å². The van der Waals surface area contributed by atoms with Crippen LogP contribution < -0.4 is 10.6 Å². The summed E-state index contributed by atoms with van der Waals surface area (Å²) in [5, 5.41) is 7.30. The average molecular weight is 256 g/mol. The van der Waals surface area contributed by atoms with Gasteiger partial charge in [0, 0.05) is 31.2 Å². The second-order valence-corrected chi connectivity index (χ2v) is 6.77. The number of benzene rings is 1. The van der Waals surface area contributed by atoms with E-state index in [0.29, 0.717) is 5.92 Å². The lowest BCUT2D eigenvalue weighted by atomic mass is 9.90. The number of para-hydroxylation sites is 1. The van der Waals surface area contributed by atoms with Crippen molar-refractivity contribution >= 4 is 5.69 Å². The summed E-state index contributed by atoms with van der Waals surface area (Å²) in [4.78, 5) is 0. The Balaban J connectivity index is 1.36. The van der Waals surface area contributed by atoms with Gasteiger partial charge in [-0.05, 0) is 55.1 Å². The molecule has 19 heavy (non-hydrogen) atoms. The highest BCUT2D eigenvalue weighted by Crippen LogP contribution is 2.60. The van der Waals surface area contributed by atoms with Crippen molar-refractivity contribution in [2.24, 2.45) is 11.3 Å². The number of rotatable bonds is 5. The van der Waals surface area contributed by atoms with E-state index >= 15 is 0 Å². The molecular weight excluding hydrogens is 232 g/mol. The molecule has 0 spiro atoms. The van der Waals surface area contributed by atoms with Gasteiger partial charge in [0.05, 0.1) is 0 Å². The van der Waals surface area contributed by atoms with E-state index < -0.39 is 0 Å². The second kappa shape index (κ2) is 4.52. The summed E-state index contributed by atoms with van der Waals surface area (Å²) >= 11 is 0. The molecule has 1 aromatic carbocycles. The van der Waals surface area contributed by atoms with Crippen molar-refractivity contribution in [1.29, 1.82) is 0 Å². The Morgan fingerprint density at radius 3 is 2.79 bits per heavy atom. The Bertz CT molecular complexity index is 460. The van der Waals surface area contributed by atoms with Gasteiger partial charge in [-0.15, -0.1) is 0 Å². The standard InChI is InChI=1S/C17H24N2/c1-2-4-16-15(3-1)13(7-10-19-16)11-18-12-17(8-9-17)14-5-6-14/h1-4,13-14,18-19H,5-12H2. The Hall–Kier alpha value is -1.02. The third kappa shape index (κ3) is 2.27. The first kappa shape index (κ1) is 11.8. The minimum atomic E-state index is 0.701. The lowest BCUT2D eigenvalue weighted by Crippen LogP contribution is -2.31. The smallest absolute Gasteiger partial charge is 0.0376 e. The maximum absolute atomic E-state index is 3.79. The Morgan fingerprint density at radius 2 is 2.00 bits per heavy atom. The zero-order valence-electron chi connectivity index (χ0n) is 11.6. The average Bonchev–Trinajstić information content (AvgIpc) is 3.32. The predicted octanol–water partition coefficient (Wildman–Crippen LogP) is 3.37. The number of fused-ring (bicyclic) bond motifs is 1. The van der Waals surface area contributed by atoms with Gasteiger partial charge in [-0.2, -0.15) is 0 Å². The SMILES string of the molecule is c1ccc2c(c1)NCCC2CNCC1(C2CC2)CC1. The summed E-state index contributed by atoms with van der Waals surface area (Å²) in [6.07, 6.45) is 7.22. The van der Waals surface area contributed by atoms with Crippen LogP contribution in [0.5, 0.6) is 0 Å². The molecule has 2 saturated carbocycles. The minimum Gasteiger partial charge on any atom is -0.385 e. The van der Waals surface area contributed by atoms with Crippen molar-refractivity contribution in [3.8, 4) is 0 Å². The highest BCUT2D eigenvalue weighted by molar-refractivity contribution is 5.54. The summed E-state index contributed by atoms with van der Waals surface area (Å²) in [6, 6.07) is 8.81. The van der Waals surface area contributed by atoms with Crippen molar-refractivity contribution < 1.29 is 0 Å². The molecule has 0 radical (unpaired) electrons. The molecule has 0 saturated heterocycles. The van der Waals surface area contributed by atoms with Gasteiger partial charge in [0.1, 0.15) is 0 Å². The van der Waals surface area contributed by atoms with Crippen LogP contribution in [-0.4, -0.2) is 19.6 Å². The van der Waals surface area contributed by atoms with Crippen LogP contribution in [0.15, 0.2) is 24.3 Å². The summed E-state index contributed by atoms with van der Waals surface area (Å²) in [6.45, 7) is 3.55. The van der Waals surface area contributed by atoms with Crippen molar-refractivity contribution in [3.63, 3.8) is 0 Å². The summed E-state index contributed by atoms with van der Waals surface area (Å²) in [5.74, 6) is 1.77. The summed E-state index contributed by atoms with van der Waals surface area (Å²) in [5.41, 5.74) is 3.59. The summed E-state index contributed by atoms with van der Waals surface area (Å²) < 4.78 is 0. The van der Waals surface area contributed by atoms with E-state index in [1.54, 1.807) is 0 Å². The highest BCUT2D eigenvalue weighted by atomic mass is 14.9. The molecule has 2 nitrogen and oxygen atoms in total. The van der Waals surface area contributed by atoms with E-state index in [9.17, 15) is 0 Å². The molecule has 2 fully saturated rings. The zero-order chi connectivity index (χ0) is 12.7. The second-order valence-electron chi connectivity index (χ2n) is 6.77. The fourth-order valence-electron chi connectivity index (χ4n) is 3.84. The molecule has 0 bridgehead atoms. The molecule has 2 N–H and O–H groups in total. The molecule has 0 aromatic heterocycles. The maximum Gasteiger partial charge on any atom is 0.0376 e. The zero-order valence-corrected chi connectivity index (χ0v) is 11.6.